The molecule has 0 aliphatic carbocycles. The fraction of sp³-hybridized carbons (Fsp3) is 0. The van der Waals surface area contributed by atoms with Crippen molar-refractivity contribution in [1.82, 2.24) is 5.43 Å². The lowest BCUT2D eigenvalue weighted by Crippen LogP contribution is -2.28. The first-order valence-electron chi connectivity index (χ1n) is 4.81. The summed E-state index contributed by atoms with van der Waals surface area (Å²) in [6, 6.07) is 6.41. The first kappa shape index (κ1) is 10.9. The van der Waals surface area contributed by atoms with Crippen molar-refractivity contribution in [3.8, 4) is 0 Å². The second-order valence-electron chi connectivity index (χ2n) is 3.17. The summed E-state index contributed by atoms with van der Waals surface area (Å²) in [5.41, 5.74) is 2.52. The molecule has 0 aromatic carbocycles. The van der Waals surface area contributed by atoms with Crippen molar-refractivity contribution in [3.05, 3.63) is 59.5 Å². The maximum Gasteiger partial charge on any atom is 0.277 e. The summed E-state index contributed by atoms with van der Waals surface area (Å²) in [4.78, 5) is 11.5. The number of pyridine rings is 1. The fourth-order valence-electron chi connectivity index (χ4n) is 1.17. The van der Waals surface area contributed by atoms with Gasteiger partial charge in [0.05, 0.1) is 12.5 Å². The van der Waals surface area contributed by atoms with Crippen LogP contribution in [0.1, 0.15) is 16.1 Å². The Bertz CT molecular complexity index is 535. The average molecular weight is 231 g/mol. The molecule has 86 valence electrons. The van der Waals surface area contributed by atoms with Gasteiger partial charge in [0.15, 0.2) is 12.4 Å². The molecule has 2 rings (SSSR count). The molecule has 6 heteroatoms. The van der Waals surface area contributed by atoms with Crippen molar-refractivity contribution >= 4 is 12.1 Å². The third-order valence-corrected chi connectivity index (χ3v) is 1.94. The maximum atomic E-state index is 11.5. The normalized spacial score (nSPS) is 10.6. The monoisotopic (exact) mass is 231 g/mol. The zero-order valence-corrected chi connectivity index (χ0v) is 8.74. The molecular formula is C11H9N3O3. The number of hydrogen-bond acceptors (Lipinski definition) is 4. The van der Waals surface area contributed by atoms with Crippen LogP contribution in [0.3, 0.4) is 0 Å². The smallest absolute Gasteiger partial charge is 0.277 e. The van der Waals surface area contributed by atoms with E-state index in [2.05, 4.69) is 10.5 Å². The van der Waals surface area contributed by atoms with E-state index >= 15 is 0 Å². The van der Waals surface area contributed by atoms with Crippen LogP contribution < -0.4 is 10.2 Å². The van der Waals surface area contributed by atoms with Crippen LogP contribution in [-0.2, 0) is 0 Å². The van der Waals surface area contributed by atoms with Gasteiger partial charge in [0.1, 0.15) is 11.3 Å². The molecule has 2 aromatic rings. The van der Waals surface area contributed by atoms with E-state index < -0.39 is 5.91 Å². The molecule has 2 heterocycles. The zero-order valence-electron chi connectivity index (χ0n) is 8.74. The van der Waals surface area contributed by atoms with Gasteiger partial charge in [-0.2, -0.15) is 9.83 Å². The molecule has 6 nitrogen and oxygen atoms in total. The molecule has 0 radical (unpaired) electrons. The molecular weight excluding hydrogens is 222 g/mol. The number of amides is 1. The van der Waals surface area contributed by atoms with Crippen LogP contribution in [0.5, 0.6) is 0 Å². The molecule has 17 heavy (non-hydrogen) atoms. The Morgan fingerprint density at radius 2 is 2.35 bits per heavy atom. The number of carbonyl (C=O) groups excluding carboxylic acids is 1. The molecule has 0 aliphatic rings. The largest absolute Gasteiger partial charge is 0.619 e. The van der Waals surface area contributed by atoms with Crippen LogP contribution in [0.4, 0.5) is 0 Å². The van der Waals surface area contributed by atoms with Crippen molar-refractivity contribution < 1.29 is 13.9 Å². The Kier molecular flexibility index (Phi) is 3.15. The number of rotatable bonds is 3. The number of furan rings is 1. The molecule has 1 N–H and O–H groups in total. The fourth-order valence-corrected chi connectivity index (χ4v) is 1.17. The molecule has 0 fully saturated rings. The predicted octanol–water partition coefficient (Wildman–Crippen LogP) is 0.677. The van der Waals surface area contributed by atoms with Gasteiger partial charge in [-0.3, -0.25) is 4.79 Å². The molecule has 1 amide bonds. The minimum atomic E-state index is -0.460. The highest BCUT2D eigenvalue weighted by Gasteiger charge is 2.06. The van der Waals surface area contributed by atoms with Gasteiger partial charge >= 0.3 is 0 Å². The van der Waals surface area contributed by atoms with Crippen molar-refractivity contribution in [1.29, 1.82) is 0 Å². The van der Waals surface area contributed by atoms with Crippen molar-refractivity contribution in [2.24, 2.45) is 5.10 Å². The Hall–Kier alpha value is -2.63. The summed E-state index contributed by atoms with van der Waals surface area (Å²) >= 11 is 0. The van der Waals surface area contributed by atoms with Crippen molar-refractivity contribution in [2.45, 2.75) is 0 Å². The summed E-state index contributed by atoms with van der Waals surface area (Å²) < 4.78 is 5.53. The molecule has 0 unspecified atom stereocenters. The Morgan fingerprint density at radius 1 is 1.47 bits per heavy atom. The van der Waals surface area contributed by atoms with E-state index in [4.69, 9.17) is 4.42 Å². The minimum absolute atomic E-state index is 0.235. The van der Waals surface area contributed by atoms with Gasteiger partial charge in [0, 0.05) is 6.07 Å². The molecule has 0 saturated heterocycles. The summed E-state index contributed by atoms with van der Waals surface area (Å²) in [6.07, 6.45) is 5.33. The number of aromatic nitrogens is 1. The lowest BCUT2D eigenvalue weighted by Gasteiger charge is -1.99. The Morgan fingerprint density at radius 3 is 3.06 bits per heavy atom. The lowest BCUT2D eigenvalue weighted by atomic mass is 10.3. The number of nitrogens with zero attached hydrogens (tertiary/aromatic N) is 2. The highest BCUT2D eigenvalue weighted by atomic mass is 16.5. The SMILES string of the molecule is O=C(N/N=C\c1ccco1)c1ccc[n+]([O-])c1. The van der Waals surface area contributed by atoms with E-state index in [9.17, 15) is 10.0 Å². The second-order valence-corrected chi connectivity index (χ2v) is 3.17. The quantitative estimate of drug-likeness (QED) is 0.365. The van der Waals surface area contributed by atoms with E-state index in [1.807, 2.05) is 0 Å². The zero-order chi connectivity index (χ0) is 12.1. The summed E-state index contributed by atoms with van der Waals surface area (Å²) in [5.74, 6) is 0.0651. The molecule has 0 bridgehead atoms. The summed E-state index contributed by atoms with van der Waals surface area (Å²) in [5, 5.41) is 14.6. The van der Waals surface area contributed by atoms with Gasteiger partial charge in [-0.1, -0.05) is 0 Å². The summed E-state index contributed by atoms with van der Waals surface area (Å²) in [6.45, 7) is 0. The van der Waals surface area contributed by atoms with E-state index in [0.29, 0.717) is 10.5 Å². The van der Waals surface area contributed by atoms with Gasteiger partial charge in [-0.15, -0.1) is 0 Å². The first-order chi connectivity index (χ1) is 8.25. The third kappa shape index (κ3) is 2.91. The van der Waals surface area contributed by atoms with Crippen molar-refractivity contribution in [2.75, 3.05) is 0 Å². The van der Waals surface area contributed by atoms with Crippen LogP contribution >= 0.6 is 0 Å². The van der Waals surface area contributed by atoms with Gasteiger partial charge < -0.3 is 9.62 Å². The maximum absolute atomic E-state index is 11.5. The van der Waals surface area contributed by atoms with Crippen LogP contribution in [0.15, 0.2) is 52.4 Å². The Balaban J connectivity index is 1.98. The third-order valence-electron chi connectivity index (χ3n) is 1.94. The Labute approximate surface area is 96.8 Å². The number of nitrogens with one attached hydrogen (secondary N) is 1. The van der Waals surface area contributed by atoms with E-state index in [1.54, 1.807) is 12.1 Å². The van der Waals surface area contributed by atoms with Crippen LogP contribution in [0.2, 0.25) is 0 Å². The van der Waals surface area contributed by atoms with Crippen LogP contribution in [-0.4, -0.2) is 12.1 Å². The predicted molar refractivity (Wildman–Crippen MR) is 59.2 cm³/mol. The van der Waals surface area contributed by atoms with E-state index in [-0.39, 0.29) is 5.56 Å². The van der Waals surface area contributed by atoms with Gasteiger partial charge in [0.25, 0.3) is 5.91 Å². The van der Waals surface area contributed by atoms with Gasteiger partial charge in [-0.05, 0) is 18.2 Å². The molecule has 0 spiro atoms. The average Bonchev–Trinajstić information content (AvgIpc) is 2.82. The first-order valence-corrected chi connectivity index (χ1v) is 4.81. The highest BCUT2D eigenvalue weighted by molar-refractivity contribution is 5.94. The highest BCUT2D eigenvalue weighted by Crippen LogP contribution is 1.96. The molecule has 0 saturated carbocycles. The van der Waals surface area contributed by atoms with Crippen LogP contribution in [0.25, 0.3) is 0 Å². The summed E-state index contributed by atoms with van der Waals surface area (Å²) in [7, 11) is 0. The van der Waals surface area contributed by atoms with Gasteiger partial charge in [0.2, 0.25) is 0 Å². The molecule has 0 aliphatic heterocycles. The van der Waals surface area contributed by atoms with Crippen LogP contribution in [0, 0.1) is 5.21 Å². The number of hydrazone groups is 1. The lowest BCUT2D eigenvalue weighted by molar-refractivity contribution is -0.605. The van der Waals surface area contributed by atoms with Crippen molar-refractivity contribution in [3.63, 3.8) is 0 Å². The molecule has 0 atom stereocenters. The van der Waals surface area contributed by atoms with Gasteiger partial charge in [-0.25, -0.2) is 5.43 Å². The van der Waals surface area contributed by atoms with E-state index in [1.165, 1.54) is 30.8 Å². The molecule has 2 aromatic heterocycles. The van der Waals surface area contributed by atoms with E-state index in [0.717, 1.165) is 6.20 Å². The number of hydrogen-bond donors (Lipinski definition) is 1. The number of carbonyl (C=O) groups is 1. The topological polar surface area (TPSA) is 81.5 Å². The second kappa shape index (κ2) is 4.93. The minimum Gasteiger partial charge on any atom is -0.619 e. The standard InChI is InChI=1S/C11H9N3O3/c15-11(9-3-1-5-14(16)8-9)13-12-7-10-4-2-6-17-10/h1-8H,(H,13,15)/b12-7-.